The van der Waals surface area contributed by atoms with Gasteiger partial charge < -0.3 is 4.74 Å². The number of imidazole rings is 1. The number of aromatic nitrogens is 3. The van der Waals surface area contributed by atoms with Crippen LogP contribution in [-0.2, 0) is 16.1 Å². The van der Waals surface area contributed by atoms with Crippen LogP contribution in [0.2, 0.25) is 0 Å². The summed E-state index contributed by atoms with van der Waals surface area (Å²) >= 11 is 0. The summed E-state index contributed by atoms with van der Waals surface area (Å²) in [6, 6.07) is 2.35. The zero-order chi connectivity index (χ0) is 13.9. The van der Waals surface area contributed by atoms with Gasteiger partial charge in [-0.05, 0) is 25.8 Å². The first-order chi connectivity index (χ1) is 9.76. The molecule has 0 aromatic carbocycles. The van der Waals surface area contributed by atoms with Crippen molar-refractivity contribution in [3.05, 3.63) is 30.4 Å². The first-order valence-electron chi connectivity index (χ1n) is 6.94. The van der Waals surface area contributed by atoms with Gasteiger partial charge in [0, 0.05) is 31.2 Å². The minimum Gasteiger partial charge on any atom is -0.465 e. The molecule has 1 aliphatic rings. The van der Waals surface area contributed by atoms with E-state index in [4.69, 9.17) is 4.74 Å². The summed E-state index contributed by atoms with van der Waals surface area (Å²) in [7, 11) is 0. The Bertz CT molecular complexity index is 573. The molecule has 6 nitrogen and oxygen atoms in total. The van der Waals surface area contributed by atoms with E-state index in [0.29, 0.717) is 31.5 Å². The molecule has 6 heteroatoms. The summed E-state index contributed by atoms with van der Waals surface area (Å²) in [5, 5.41) is 0. The lowest BCUT2D eigenvalue weighted by Crippen LogP contribution is -2.32. The second-order valence-corrected chi connectivity index (χ2v) is 5.00. The van der Waals surface area contributed by atoms with Crippen LogP contribution in [0.3, 0.4) is 0 Å². The third-order valence-corrected chi connectivity index (χ3v) is 3.35. The van der Waals surface area contributed by atoms with Gasteiger partial charge in [0.05, 0.1) is 18.8 Å². The Kier molecular flexibility index (Phi) is 3.64. The minimum atomic E-state index is -0.165. The summed E-state index contributed by atoms with van der Waals surface area (Å²) in [4.78, 5) is 22.5. The Hall–Kier alpha value is -1.95. The lowest BCUT2D eigenvalue weighted by Gasteiger charge is -2.19. The van der Waals surface area contributed by atoms with Crippen LogP contribution in [-0.4, -0.2) is 44.4 Å². The number of nitrogens with zero attached hydrogens (tertiary/aromatic N) is 4. The van der Waals surface area contributed by atoms with Crippen molar-refractivity contribution in [2.24, 2.45) is 0 Å². The molecule has 2 aromatic rings. The molecule has 0 amide bonds. The summed E-state index contributed by atoms with van der Waals surface area (Å²) < 4.78 is 6.92. The number of ether oxygens (including phenoxy) is 1. The third kappa shape index (κ3) is 2.96. The molecule has 2 heterocycles. The van der Waals surface area contributed by atoms with Crippen molar-refractivity contribution in [1.82, 2.24) is 19.3 Å². The van der Waals surface area contributed by atoms with Crippen molar-refractivity contribution >= 4 is 11.7 Å². The molecule has 1 fully saturated rings. The average molecular weight is 274 g/mol. The molecule has 0 radical (unpaired) electrons. The summed E-state index contributed by atoms with van der Waals surface area (Å²) in [6.07, 6.45) is 7.90. The van der Waals surface area contributed by atoms with Crippen LogP contribution >= 0.6 is 0 Å². The lowest BCUT2D eigenvalue weighted by molar-refractivity contribution is -0.144. The van der Waals surface area contributed by atoms with E-state index >= 15 is 0 Å². The van der Waals surface area contributed by atoms with Gasteiger partial charge in [-0.1, -0.05) is 0 Å². The Balaban J connectivity index is 1.70. The highest BCUT2D eigenvalue weighted by molar-refractivity contribution is 5.71. The molecule has 0 saturated heterocycles. The first-order valence-corrected chi connectivity index (χ1v) is 6.94. The second kappa shape index (κ2) is 5.58. The quantitative estimate of drug-likeness (QED) is 0.742. The van der Waals surface area contributed by atoms with Crippen LogP contribution < -0.4 is 0 Å². The Morgan fingerprint density at radius 1 is 1.55 bits per heavy atom. The molecule has 2 aromatic heterocycles. The van der Waals surface area contributed by atoms with E-state index in [-0.39, 0.29) is 5.97 Å². The SMILES string of the molecule is CCOC(=O)CN(Cc1cn2cccnc2n1)C1CC1. The van der Waals surface area contributed by atoms with Crippen LogP contribution in [0.1, 0.15) is 25.5 Å². The summed E-state index contributed by atoms with van der Waals surface area (Å²) in [6.45, 7) is 3.25. The zero-order valence-corrected chi connectivity index (χ0v) is 11.5. The first kappa shape index (κ1) is 13.1. The van der Waals surface area contributed by atoms with Gasteiger partial charge in [-0.2, -0.15) is 0 Å². The van der Waals surface area contributed by atoms with E-state index in [1.807, 2.05) is 29.8 Å². The number of carbonyl (C=O) groups excluding carboxylic acids is 1. The highest BCUT2D eigenvalue weighted by Crippen LogP contribution is 2.28. The van der Waals surface area contributed by atoms with Crippen LogP contribution in [0.25, 0.3) is 5.78 Å². The van der Waals surface area contributed by atoms with Crippen molar-refractivity contribution in [2.75, 3.05) is 13.2 Å². The second-order valence-electron chi connectivity index (χ2n) is 5.00. The summed E-state index contributed by atoms with van der Waals surface area (Å²) in [5.74, 6) is 0.524. The van der Waals surface area contributed by atoms with Crippen molar-refractivity contribution in [3.8, 4) is 0 Å². The van der Waals surface area contributed by atoms with E-state index < -0.39 is 0 Å². The molecule has 0 bridgehead atoms. The Morgan fingerprint density at radius 3 is 3.10 bits per heavy atom. The van der Waals surface area contributed by atoms with E-state index in [0.717, 1.165) is 18.5 Å². The predicted octanol–water partition coefficient (Wildman–Crippen LogP) is 1.26. The lowest BCUT2D eigenvalue weighted by atomic mass is 10.4. The number of carbonyl (C=O) groups is 1. The number of hydrogen-bond donors (Lipinski definition) is 0. The maximum absolute atomic E-state index is 11.6. The maximum Gasteiger partial charge on any atom is 0.320 e. The normalized spacial score (nSPS) is 14.9. The van der Waals surface area contributed by atoms with Gasteiger partial charge in [-0.15, -0.1) is 0 Å². The average Bonchev–Trinajstić information content (AvgIpc) is 3.19. The van der Waals surface area contributed by atoms with Crippen LogP contribution in [0, 0.1) is 0 Å². The molecule has 0 unspecified atom stereocenters. The van der Waals surface area contributed by atoms with E-state index in [2.05, 4.69) is 14.9 Å². The topological polar surface area (TPSA) is 59.7 Å². The maximum atomic E-state index is 11.6. The highest BCUT2D eigenvalue weighted by Gasteiger charge is 2.31. The van der Waals surface area contributed by atoms with Gasteiger partial charge in [-0.25, -0.2) is 9.97 Å². The van der Waals surface area contributed by atoms with Gasteiger partial charge in [0.2, 0.25) is 5.78 Å². The van der Waals surface area contributed by atoms with Crippen LogP contribution in [0.5, 0.6) is 0 Å². The van der Waals surface area contributed by atoms with Crippen LogP contribution in [0.15, 0.2) is 24.7 Å². The fraction of sp³-hybridized carbons (Fsp3) is 0.500. The third-order valence-electron chi connectivity index (χ3n) is 3.35. The van der Waals surface area contributed by atoms with E-state index in [9.17, 15) is 4.79 Å². The van der Waals surface area contributed by atoms with Gasteiger partial charge in [0.1, 0.15) is 0 Å². The molecule has 0 aliphatic heterocycles. The van der Waals surface area contributed by atoms with Crippen LogP contribution in [0.4, 0.5) is 0 Å². The van der Waals surface area contributed by atoms with E-state index in [1.165, 1.54) is 0 Å². The van der Waals surface area contributed by atoms with Gasteiger partial charge in [0.25, 0.3) is 0 Å². The number of hydrogen-bond acceptors (Lipinski definition) is 5. The molecular weight excluding hydrogens is 256 g/mol. The van der Waals surface area contributed by atoms with Gasteiger partial charge in [0.15, 0.2) is 0 Å². The predicted molar refractivity (Wildman–Crippen MR) is 73.1 cm³/mol. The number of rotatable bonds is 6. The number of fused-ring (bicyclic) bond motifs is 1. The smallest absolute Gasteiger partial charge is 0.320 e. The summed E-state index contributed by atoms with van der Waals surface area (Å²) in [5.41, 5.74) is 0.930. The largest absolute Gasteiger partial charge is 0.465 e. The molecular formula is C14H18N4O2. The highest BCUT2D eigenvalue weighted by atomic mass is 16.5. The fourth-order valence-corrected chi connectivity index (χ4v) is 2.29. The Labute approximate surface area is 117 Å². The molecule has 3 rings (SSSR count). The molecule has 0 atom stereocenters. The van der Waals surface area contributed by atoms with Crippen molar-refractivity contribution < 1.29 is 9.53 Å². The molecule has 0 N–H and O–H groups in total. The van der Waals surface area contributed by atoms with Gasteiger partial charge >= 0.3 is 5.97 Å². The van der Waals surface area contributed by atoms with Crippen molar-refractivity contribution in [1.29, 1.82) is 0 Å². The molecule has 0 spiro atoms. The molecule has 1 aliphatic carbocycles. The minimum absolute atomic E-state index is 0.165. The van der Waals surface area contributed by atoms with E-state index in [1.54, 1.807) is 6.20 Å². The van der Waals surface area contributed by atoms with Crippen molar-refractivity contribution in [2.45, 2.75) is 32.4 Å². The molecule has 20 heavy (non-hydrogen) atoms. The molecule has 1 saturated carbocycles. The van der Waals surface area contributed by atoms with Crippen molar-refractivity contribution in [3.63, 3.8) is 0 Å². The zero-order valence-electron chi connectivity index (χ0n) is 11.5. The Morgan fingerprint density at radius 2 is 2.40 bits per heavy atom. The fourth-order valence-electron chi connectivity index (χ4n) is 2.29. The number of esters is 1. The standard InChI is InChI=1S/C14H18N4O2/c1-2-20-13(19)10-18(12-4-5-12)9-11-8-17-7-3-6-15-14(17)16-11/h3,6-8,12H,2,4-5,9-10H2,1H3. The monoisotopic (exact) mass is 274 g/mol. The van der Waals surface area contributed by atoms with Gasteiger partial charge in [-0.3, -0.25) is 14.1 Å². The molecule has 106 valence electrons.